The van der Waals surface area contributed by atoms with Crippen LogP contribution in [0.4, 0.5) is 0 Å². The third kappa shape index (κ3) is 2.57. The lowest BCUT2D eigenvalue weighted by Gasteiger charge is -2.36. The predicted molar refractivity (Wildman–Crippen MR) is 64.3 cm³/mol. The van der Waals surface area contributed by atoms with Gasteiger partial charge >= 0.3 is 0 Å². The van der Waals surface area contributed by atoms with Gasteiger partial charge in [-0.3, -0.25) is 5.32 Å². The molecule has 2 rings (SSSR count). The van der Waals surface area contributed by atoms with Gasteiger partial charge in [0.25, 0.3) is 0 Å². The average Bonchev–Trinajstić information content (AvgIpc) is 2.49. The molecule has 0 amide bonds. The quantitative estimate of drug-likeness (QED) is 0.756. The first-order chi connectivity index (χ1) is 6.21. The average molecular weight is 238 g/mol. The maximum absolute atomic E-state index is 5.87. The highest BCUT2D eigenvalue weighted by atomic mass is 35.5. The molecule has 4 heteroatoms. The zero-order valence-electron chi connectivity index (χ0n) is 8.91. The van der Waals surface area contributed by atoms with Crippen molar-refractivity contribution in [3.8, 4) is 0 Å². The van der Waals surface area contributed by atoms with Gasteiger partial charge in [0.2, 0.25) is 0 Å². The Hall–Kier alpha value is 0.560. The summed E-state index contributed by atoms with van der Waals surface area (Å²) >= 11 is 2.07. The fourth-order valence-electron chi connectivity index (χ4n) is 2.28. The van der Waals surface area contributed by atoms with Crippen LogP contribution in [0.5, 0.6) is 0 Å². The molecule has 2 aliphatic heterocycles. The van der Waals surface area contributed by atoms with Crippen LogP contribution in [0.3, 0.4) is 0 Å². The Kier molecular flexibility index (Phi) is 4.56. The van der Waals surface area contributed by atoms with E-state index < -0.39 is 0 Å². The van der Waals surface area contributed by atoms with Gasteiger partial charge in [0.05, 0.1) is 6.61 Å². The molecule has 2 saturated heterocycles. The van der Waals surface area contributed by atoms with Crippen molar-refractivity contribution in [2.24, 2.45) is 5.92 Å². The Balaban J connectivity index is 0.000000980. The fourth-order valence-corrected chi connectivity index (χ4v) is 3.59. The molecule has 3 unspecified atom stereocenters. The second-order valence-electron chi connectivity index (χ2n) is 4.38. The number of ether oxygens (including phenoxy) is 1. The molecule has 2 nitrogen and oxygen atoms in total. The van der Waals surface area contributed by atoms with Crippen LogP contribution in [0.1, 0.15) is 26.7 Å². The van der Waals surface area contributed by atoms with Crippen molar-refractivity contribution in [3.05, 3.63) is 0 Å². The maximum Gasteiger partial charge on any atom is 0.120 e. The Labute approximate surface area is 97.0 Å². The molecular formula is C10H20ClNOS. The van der Waals surface area contributed by atoms with E-state index in [1.807, 2.05) is 0 Å². The van der Waals surface area contributed by atoms with Gasteiger partial charge in [-0.25, -0.2) is 0 Å². The highest BCUT2D eigenvalue weighted by molar-refractivity contribution is 7.99. The van der Waals surface area contributed by atoms with Gasteiger partial charge < -0.3 is 4.74 Å². The lowest BCUT2D eigenvalue weighted by molar-refractivity contribution is -0.0389. The molecular weight excluding hydrogens is 218 g/mol. The third-order valence-electron chi connectivity index (χ3n) is 3.11. The smallest absolute Gasteiger partial charge is 0.120 e. The van der Waals surface area contributed by atoms with Crippen LogP contribution >= 0.6 is 24.2 Å². The predicted octanol–water partition coefficient (Wildman–Crippen LogP) is 2.28. The SMILES string of the molecule is CC1COC(C)(C2CCCSC2)N1.Cl. The number of rotatable bonds is 1. The number of hydrogen-bond donors (Lipinski definition) is 1. The van der Waals surface area contributed by atoms with Crippen LogP contribution in [0.15, 0.2) is 0 Å². The first kappa shape index (κ1) is 12.6. The Morgan fingerprint density at radius 1 is 1.50 bits per heavy atom. The third-order valence-corrected chi connectivity index (χ3v) is 4.32. The van der Waals surface area contributed by atoms with E-state index in [1.54, 1.807) is 0 Å². The zero-order chi connectivity index (χ0) is 9.31. The van der Waals surface area contributed by atoms with Gasteiger partial charge in [0.15, 0.2) is 0 Å². The van der Waals surface area contributed by atoms with Crippen molar-refractivity contribution in [3.63, 3.8) is 0 Å². The molecule has 2 heterocycles. The van der Waals surface area contributed by atoms with Gasteiger partial charge in [-0.2, -0.15) is 11.8 Å². The van der Waals surface area contributed by atoms with Crippen molar-refractivity contribution in [2.45, 2.75) is 38.5 Å². The summed E-state index contributed by atoms with van der Waals surface area (Å²) < 4.78 is 5.87. The normalized spacial score (nSPS) is 43.3. The first-order valence-electron chi connectivity index (χ1n) is 5.20. The fraction of sp³-hybridized carbons (Fsp3) is 1.00. The molecule has 0 saturated carbocycles. The van der Waals surface area contributed by atoms with Gasteiger partial charge in [-0.15, -0.1) is 12.4 Å². The van der Waals surface area contributed by atoms with Gasteiger partial charge in [0, 0.05) is 17.7 Å². The minimum atomic E-state index is -0.0349. The summed E-state index contributed by atoms with van der Waals surface area (Å²) in [6.07, 6.45) is 2.67. The molecule has 0 aliphatic carbocycles. The Bertz CT molecular complexity index is 187. The molecule has 84 valence electrons. The number of halogens is 1. The van der Waals surface area contributed by atoms with Crippen LogP contribution in [0, 0.1) is 5.92 Å². The van der Waals surface area contributed by atoms with E-state index in [9.17, 15) is 0 Å². The van der Waals surface area contributed by atoms with E-state index in [-0.39, 0.29) is 18.1 Å². The minimum Gasteiger partial charge on any atom is -0.359 e. The summed E-state index contributed by atoms with van der Waals surface area (Å²) in [5.41, 5.74) is -0.0349. The van der Waals surface area contributed by atoms with Crippen LogP contribution in [0.2, 0.25) is 0 Å². The Morgan fingerprint density at radius 3 is 2.79 bits per heavy atom. The van der Waals surface area contributed by atoms with Crippen molar-refractivity contribution < 1.29 is 4.74 Å². The standard InChI is InChI=1S/C10H19NOS.ClH/c1-8-6-12-10(2,11-8)9-4-3-5-13-7-9;/h8-9,11H,3-7H2,1-2H3;1H. The summed E-state index contributed by atoms with van der Waals surface area (Å²) in [6, 6.07) is 0.525. The summed E-state index contributed by atoms with van der Waals surface area (Å²) in [4.78, 5) is 0. The molecule has 0 bridgehead atoms. The summed E-state index contributed by atoms with van der Waals surface area (Å²) in [5, 5.41) is 3.56. The molecule has 0 aromatic heterocycles. The molecule has 0 radical (unpaired) electrons. The Morgan fingerprint density at radius 2 is 2.29 bits per heavy atom. The van der Waals surface area contributed by atoms with Crippen molar-refractivity contribution in [1.29, 1.82) is 0 Å². The van der Waals surface area contributed by atoms with Gasteiger partial charge in [-0.05, 0) is 32.4 Å². The molecule has 2 fully saturated rings. The number of nitrogens with one attached hydrogen (secondary N) is 1. The van der Waals surface area contributed by atoms with E-state index in [4.69, 9.17) is 4.74 Å². The van der Waals surface area contributed by atoms with Crippen LogP contribution in [-0.4, -0.2) is 29.9 Å². The first-order valence-corrected chi connectivity index (χ1v) is 6.35. The molecule has 0 spiro atoms. The highest BCUT2D eigenvalue weighted by Gasteiger charge is 2.41. The van der Waals surface area contributed by atoms with E-state index in [0.717, 1.165) is 6.61 Å². The van der Waals surface area contributed by atoms with Crippen LogP contribution < -0.4 is 5.32 Å². The van der Waals surface area contributed by atoms with Crippen molar-refractivity contribution in [2.75, 3.05) is 18.1 Å². The van der Waals surface area contributed by atoms with Crippen molar-refractivity contribution >= 4 is 24.2 Å². The summed E-state index contributed by atoms with van der Waals surface area (Å²) in [7, 11) is 0. The summed E-state index contributed by atoms with van der Waals surface area (Å²) in [6.45, 7) is 5.28. The second-order valence-corrected chi connectivity index (χ2v) is 5.53. The lowest BCUT2D eigenvalue weighted by Crippen LogP contribution is -2.48. The van der Waals surface area contributed by atoms with E-state index in [2.05, 4.69) is 30.9 Å². The molecule has 14 heavy (non-hydrogen) atoms. The monoisotopic (exact) mass is 237 g/mol. The summed E-state index contributed by atoms with van der Waals surface area (Å²) in [5.74, 6) is 3.30. The van der Waals surface area contributed by atoms with E-state index in [1.165, 1.54) is 24.3 Å². The zero-order valence-corrected chi connectivity index (χ0v) is 10.5. The minimum absolute atomic E-state index is 0. The molecule has 1 N–H and O–H groups in total. The van der Waals surface area contributed by atoms with Gasteiger partial charge in [-0.1, -0.05) is 0 Å². The maximum atomic E-state index is 5.87. The van der Waals surface area contributed by atoms with E-state index in [0.29, 0.717) is 12.0 Å². The molecule has 0 aromatic rings. The molecule has 3 atom stereocenters. The molecule has 0 aromatic carbocycles. The largest absolute Gasteiger partial charge is 0.359 e. The van der Waals surface area contributed by atoms with Gasteiger partial charge in [0.1, 0.15) is 5.72 Å². The number of hydrogen-bond acceptors (Lipinski definition) is 3. The van der Waals surface area contributed by atoms with Crippen LogP contribution in [0.25, 0.3) is 0 Å². The topological polar surface area (TPSA) is 21.3 Å². The van der Waals surface area contributed by atoms with Crippen molar-refractivity contribution in [1.82, 2.24) is 5.32 Å². The second kappa shape index (κ2) is 5.06. The lowest BCUT2D eigenvalue weighted by atomic mass is 9.94. The molecule has 2 aliphatic rings. The van der Waals surface area contributed by atoms with Crippen LogP contribution in [-0.2, 0) is 4.74 Å². The number of thioether (sulfide) groups is 1. The highest BCUT2D eigenvalue weighted by Crippen LogP contribution is 2.34. The van der Waals surface area contributed by atoms with E-state index >= 15 is 0 Å².